The molecule has 2 aliphatic rings. The second-order valence-electron chi connectivity index (χ2n) is 5.49. The zero-order valence-electron chi connectivity index (χ0n) is 11.0. The highest BCUT2D eigenvalue weighted by atomic mass is 16.5. The summed E-state index contributed by atoms with van der Waals surface area (Å²) in [5.74, 6) is -0.787. The van der Waals surface area contributed by atoms with E-state index >= 15 is 0 Å². The Morgan fingerprint density at radius 3 is 2.61 bits per heavy atom. The molecule has 1 atom stereocenters. The Labute approximate surface area is 108 Å². The monoisotopic (exact) mass is 257 g/mol. The van der Waals surface area contributed by atoms with E-state index in [4.69, 9.17) is 9.47 Å². The molecule has 1 unspecified atom stereocenters. The molecule has 2 rings (SSSR count). The standard InChI is InChI=1S/C13H23NO4/c1-13(12(15)16,14-10-2-3-10)6-9-18-11-4-7-17-8-5-11/h10-11,14H,2-9H2,1H3,(H,15,16). The van der Waals surface area contributed by atoms with Crippen LogP contribution in [0.5, 0.6) is 0 Å². The van der Waals surface area contributed by atoms with Crippen LogP contribution in [0.15, 0.2) is 0 Å². The molecule has 0 amide bonds. The highest BCUT2D eigenvalue weighted by Crippen LogP contribution is 2.24. The average Bonchev–Trinajstić information content (AvgIpc) is 3.14. The topological polar surface area (TPSA) is 67.8 Å². The fourth-order valence-electron chi connectivity index (χ4n) is 2.19. The number of rotatable bonds is 7. The molecule has 0 aromatic rings. The van der Waals surface area contributed by atoms with Crippen LogP contribution < -0.4 is 5.32 Å². The molecule has 2 N–H and O–H groups in total. The minimum atomic E-state index is -0.855. The van der Waals surface area contributed by atoms with Gasteiger partial charge in [-0.2, -0.15) is 0 Å². The molecule has 5 nitrogen and oxygen atoms in total. The first kappa shape index (κ1) is 13.8. The Balaban J connectivity index is 1.72. The maximum Gasteiger partial charge on any atom is 0.323 e. The summed E-state index contributed by atoms with van der Waals surface area (Å²) in [5, 5.41) is 12.5. The van der Waals surface area contributed by atoms with Crippen molar-refractivity contribution in [3.63, 3.8) is 0 Å². The van der Waals surface area contributed by atoms with Crippen LogP contribution in [0.1, 0.15) is 39.0 Å². The van der Waals surface area contributed by atoms with Crippen molar-refractivity contribution in [3.05, 3.63) is 0 Å². The van der Waals surface area contributed by atoms with E-state index in [1.165, 1.54) is 0 Å². The molecule has 1 aliphatic carbocycles. The van der Waals surface area contributed by atoms with Crippen LogP contribution in [0.2, 0.25) is 0 Å². The molecule has 1 aliphatic heterocycles. The zero-order valence-corrected chi connectivity index (χ0v) is 11.0. The second-order valence-corrected chi connectivity index (χ2v) is 5.49. The molecule has 2 fully saturated rings. The van der Waals surface area contributed by atoms with E-state index in [0.717, 1.165) is 38.9 Å². The molecule has 0 aromatic heterocycles. The molecule has 18 heavy (non-hydrogen) atoms. The molecule has 0 bridgehead atoms. The van der Waals surface area contributed by atoms with E-state index in [2.05, 4.69) is 5.32 Å². The molecule has 0 spiro atoms. The van der Waals surface area contributed by atoms with Crippen molar-refractivity contribution in [2.75, 3.05) is 19.8 Å². The highest BCUT2D eigenvalue weighted by molar-refractivity contribution is 5.78. The summed E-state index contributed by atoms with van der Waals surface area (Å²) in [7, 11) is 0. The number of hydrogen-bond acceptors (Lipinski definition) is 4. The summed E-state index contributed by atoms with van der Waals surface area (Å²) in [6.07, 6.45) is 4.75. The van der Waals surface area contributed by atoms with E-state index in [9.17, 15) is 9.90 Å². The fraction of sp³-hybridized carbons (Fsp3) is 0.923. The third-order valence-corrected chi connectivity index (χ3v) is 3.70. The maximum absolute atomic E-state index is 11.3. The molecule has 0 radical (unpaired) electrons. The Morgan fingerprint density at radius 2 is 2.06 bits per heavy atom. The quantitative estimate of drug-likeness (QED) is 0.716. The molecule has 1 heterocycles. The molecule has 1 saturated carbocycles. The van der Waals surface area contributed by atoms with Crippen LogP contribution in [0, 0.1) is 0 Å². The number of carboxylic acids is 1. The van der Waals surface area contributed by atoms with Crippen molar-refractivity contribution < 1.29 is 19.4 Å². The summed E-state index contributed by atoms with van der Waals surface area (Å²) in [6.45, 7) is 3.75. The lowest BCUT2D eigenvalue weighted by molar-refractivity contribution is -0.145. The number of carbonyl (C=O) groups is 1. The van der Waals surface area contributed by atoms with Crippen LogP contribution in [0.4, 0.5) is 0 Å². The maximum atomic E-state index is 11.3. The van der Waals surface area contributed by atoms with Crippen LogP contribution >= 0.6 is 0 Å². The number of aliphatic carboxylic acids is 1. The van der Waals surface area contributed by atoms with Crippen LogP contribution in [0.3, 0.4) is 0 Å². The highest BCUT2D eigenvalue weighted by Gasteiger charge is 2.38. The van der Waals surface area contributed by atoms with Crippen LogP contribution in [0.25, 0.3) is 0 Å². The van der Waals surface area contributed by atoms with Crippen molar-refractivity contribution in [1.29, 1.82) is 0 Å². The van der Waals surface area contributed by atoms with Crippen LogP contribution in [-0.2, 0) is 14.3 Å². The third kappa shape index (κ3) is 3.93. The van der Waals surface area contributed by atoms with E-state index in [1.54, 1.807) is 6.92 Å². The first-order chi connectivity index (χ1) is 8.60. The van der Waals surface area contributed by atoms with Crippen LogP contribution in [-0.4, -0.2) is 48.6 Å². The normalized spacial score (nSPS) is 24.7. The Bertz CT molecular complexity index is 287. The Hall–Kier alpha value is -0.650. The Kier molecular flexibility index (Phi) is 4.59. The second kappa shape index (κ2) is 5.99. The fourth-order valence-corrected chi connectivity index (χ4v) is 2.19. The Morgan fingerprint density at radius 1 is 1.39 bits per heavy atom. The minimum Gasteiger partial charge on any atom is -0.480 e. The lowest BCUT2D eigenvalue weighted by atomic mass is 9.98. The van der Waals surface area contributed by atoms with E-state index in [-0.39, 0.29) is 6.10 Å². The largest absolute Gasteiger partial charge is 0.480 e. The summed E-state index contributed by atoms with van der Waals surface area (Å²) >= 11 is 0. The van der Waals surface area contributed by atoms with Gasteiger partial charge in [-0.25, -0.2) is 0 Å². The van der Waals surface area contributed by atoms with E-state index < -0.39 is 11.5 Å². The lowest BCUT2D eigenvalue weighted by Gasteiger charge is -2.28. The summed E-state index contributed by atoms with van der Waals surface area (Å²) < 4.78 is 11.0. The number of hydrogen-bond donors (Lipinski definition) is 2. The summed E-state index contributed by atoms with van der Waals surface area (Å²) in [6, 6.07) is 0.384. The van der Waals surface area contributed by atoms with Gasteiger partial charge >= 0.3 is 5.97 Å². The van der Waals surface area contributed by atoms with Gasteiger partial charge in [0.25, 0.3) is 0 Å². The van der Waals surface area contributed by atoms with Crippen molar-refractivity contribution in [2.24, 2.45) is 0 Å². The van der Waals surface area contributed by atoms with Gasteiger partial charge in [-0.05, 0) is 39.0 Å². The molecule has 5 heteroatoms. The molecule has 1 saturated heterocycles. The van der Waals surface area contributed by atoms with Gasteiger partial charge in [0.05, 0.1) is 6.10 Å². The zero-order chi connectivity index (χ0) is 13.0. The van der Waals surface area contributed by atoms with Gasteiger partial charge in [-0.3, -0.25) is 10.1 Å². The van der Waals surface area contributed by atoms with Crippen molar-refractivity contribution >= 4 is 5.97 Å². The van der Waals surface area contributed by atoms with Gasteiger partial charge in [0, 0.05) is 25.9 Å². The van der Waals surface area contributed by atoms with Gasteiger partial charge < -0.3 is 14.6 Å². The lowest BCUT2D eigenvalue weighted by Crippen LogP contribution is -2.51. The van der Waals surface area contributed by atoms with Gasteiger partial charge in [-0.1, -0.05) is 0 Å². The average molecular weight is 257 g/mol. The molecule has 104 valence electrons. The minimum absolute atomic E-state index is 0.234. The van der Waals surface area contributed by atoms with E-state index in [0.29, 0.717) is 19.1 Å². The smallest absolute Gasteiger partial charge is 0.323 e. The van der Waals surface area contributed by atoms with Gasteiger partial charge in [0.15, 0.2) is 0 Å². The third-order valence-electron chi connectivity index (χ3n) is 3.70. The van der Waals surface area contributed by atoms with Gasteiger partial charge in [0.2, 0.25) is 0 Å². The number of nitrogens with one attached hydrogen (secondary N) is 1. The molecule has 0 aromatic carbocycles. The van der Waals surface area contributed by atoms with Crippen molar-refractivity contribution in [3.8, 4) is 0 Å². The first-order valence-electron chi connectivity index (χ1n) is 6.80. The summed E-state index contributed by atoms with van der Waals surface area (Å²) in [4.78, 5) is 11.3. The summed E-state index contributed by atoms with van der Waals surface area (Å²) in [5.41, 5.74) is -0.855. The van der Waals surface area contributed by atoms with Gasteiger partial charge in [-0.15, -0.1) is 0 Å². The number of ether oxygens (including phenoxy) is 2. The van der Waals surface area contributed by atoms with E-state index in [1.807, 2.05) is 0 Å². The SMILES string of the molecule is CC(CCOC1CCOCC1)(NC1CC1)C(=O)O. The predicted molar refractivity (Wildman–Crippen MR) is 66.6 cm³/mol. The van der Waals surface area contributed by atoms with Crippen molar-refractivity contribution in [2.45, 2.75) is 56.7 Å². The van der Waals surface area contributed by atoms with Crippen molar-refractivity contribution in [1.82, 2.24) is 5.32 Å². The molecular formula is C13H23NO4. The molecular weight excluding hydrogens is 234 g/mol. The predicted octanol–water partition coefficient (Wildman–Crippen LogP) is 1.17. The first-order valence-corrected chi connectivity index (χ1v) is 6.80. The number of carboxylic acid groups (broad SMARTS) is 1. The van der Waals surface area contributed by atoms with Gasteiger partial charge in [0.1, 0.15) is 5.54 Å².